The van der Waals surface area contributed by atoms with Gasteiger partial charge in [-0.2, -0.15) is 0 Å². The van der Waals surface area contributed by atoms with Crippen LogP contribution in [-0.4, -0.2) is 0 Å². The molecule has 0 bridgehead atoms. The summed E-state index contributed by atoms with van der Waals surface area (Å²) >= 11 is 0. The molecular formula is C47H30. The maximum Gasteiger partial charge on any atom is 0.0719 e. The number of hydrogen-bond acceptors (Lipinski definition) is 0. The topological polar surface area (TPSA) is 0 Å². The van der Waals surface area contributed by atoms with Crippen molar-refractivity contribution in [3.8, 4) is 22.3 Å². The first-order valence-electron chi connectivity index (χ1n) is 16.4. The molecule has 0 radical (unpaired) electrons. The Morgan fingerprint density at radius 2 is 0.830 bits per heavy atom. The molecule has 9 aromatic carbocycles. The molecule has 0 nitrogen and oxygen atoms in total. The van der Waals surface area contributed by atoms with Crippen LogP contribution in [0.3, 0.4) is 0 Å². The second-order valence-corrected chi connectivity index (χ2v) is 12.8. The zero-order valence-electron chi connectivity index (χ0n) is 25.8. The summed E-state index contributed by atoms with van der Waals surface area (Å²) in [7, 11) is 0. The van der Waals surface area contributed by atoms with Crippen molar-refractivity contribution < 1.29 is 0 Å². The summed E-state index contributed by atoms with van der Waals surface area (Å²) in [6.45, 7) is 0. The zero-order valence-corrected chi connectivity index (χ0v) is 25.8. The molecule has 0 fully saturated rings. The van der Waals surface area contributed by atoms with Crippen molar-refractivity contribution in [3.05, 3.63) is 204 Å². The van der Waals surface area contributed by atoms with Gasteiger partial charge in [0.1, 0.15) is 0 Å². The third-order valence-corrected chi connectivity index (χ3v) is 10.5. The van der Waals surface area contributed by atoms with Crippen molar-refractivity contribution in [2.24, 2.45) is 0 Å². The van der Waals surface area contributed by atoms with E-state index in [0.29, 0.717) is 0 Å². The number of hydrogen-bond donors (Lipinski definition) is 0. The molecule has 47 heavy (non-hydrogen) atoms. The summed E-state index contributed by atoms with van der Waals surface area (Å²) in [6.07, 6.45) is 0. The van der Waals surface area contributed by atoms with Gasteiger partial charge in [0.15, 0.2) is 0 Å². The first-order chi connectivity index (χ1) is 23.3. The van der Waals surface area contributed by atoms with Gasteiger partial charge in [0.2, 0.25) is 0 Å². The largest absolute Gasteiger partial charge is 0.0719 e. The van der Waals surface area contributed by atoms with Crippen molar-refractivity contribution >= 4 is 43.1 Å². The Morgan fingerprint density at radius 3 is 1.55 bits per heavy atom. The predicted molar refractivity (Wildman–Crippen MR) is 199 cm³/mol. The van der Waals surface area contributed by atoms with Crippen LogP contribution in [0.4, 0.5) is 0 Å². The van der Waals surface area contributed by atoms with E-state index in [4.69, 9.17) is 0 Å². The van der Waals surface area contributed by atoms with Crippen LogP contribution in [0, 0.1) is 0 Å². The van der Waals surface area contributed by atoms with Crippen LogP contribution in [0.25, 0.3) is 65.3 Å². The molecule has 0 aliphatic heterocycles. The van der Waals surface area contributed by atoms with Crippen LogP contribution in [0.5, 0.6) is 0 Å². The van der Waals surface area contributed by atoms with Gasteiger partial charge in [0.25, 0.3) is 0 Å². The monoisotopic (exact) mass is 594 g/mol. The Bertz CT molecular complexity index is 2620. The molecule has 0 saturated heterocycles. The van der Waals surface area contributed by atoms with E-state index in [2.05, 4.69) is 182 Å². The summed E-state index contributed by atoms with van der Waals surface area (Å²) in [5.41, 5.74) is 9.92. The average molecular weight is 595 g/mol. The van der Waals surface area contributed by atoms with Gasteiger partial charge in [0, 0.05) is 0 Å². The lowest BCUT2D eigenvalue weighted by molar-refractivity contribution is 0.776. The molecule has 10 rings (SSSR count). The third-order valence-electron chi connectivity index (χ3n) is 10.5. The molecule has 9 aromatic rings. The highest BCUT2D eigenvalue weighted by Gasteiger charge is 2.47. The van der Waals surface area contributed by atoms with Crippen molar-refractivity contribution in [3.63, 3.8) is 0 Å². The van der Waals surface area contributed by atoms with Gasteiger partial charge in [-0.25, -0.2) is 0 Å². The minimum Gasteiger partial charge on any atom is -0.0622 e. The Kier molecular flexibility index (Phi) is 5.59. The first-order valence-corrected chi connectivity index (χ1v) is 16.4. The standard InChI is InChI=1S/C47H30/c1-3-15-34(16-4-1)47(35-17-5-2-6-18-35)45-29-33(25-27-41(45)42-28-24-32-14-8-10-20-37(32)46(42)47)43-30-44-36-19-9-7-13-31(36)23-26-40(44)38-21-11-12-22-39(38)43/h1-30H. The van der Waals surface area contributed by atoms with Crippen LogP contribution >= 0.6 is 0 Å². The first kappa shape index (κ1) is 26.3. The summed E-state index contributed by atoms with van der Waals surface area (Å²) in [5, 5.41) is 10.3. The van der Waals surface area contributed by atoms with Crippen molar-refractivity contribution in [2.75, 3.05) is 0 Å². The van der Waals surface area contributed by atoms with Crippen LogP contribution in [0.15, 0.2) is 182 Å². The number of fused-ring (bicyclic) bond motifs is 10. The lowest BCUT2D eigenvalue weighted by atomic mass is 9.66. The van der Waals surface area contributed by atoms with E-state index in [1.165, 1.54) is 87.6 Å². The van der Waals surface area contributed by atoms with Gasteiger partial charge in [-0.3, -0.25) is 0 Å². The van der Waals surface area contributed by atoms with Crippen LogP contribution in [0.1, 0.15) is 22.3 Å². The highest BCUT2D eigenvalue weighted by Crippen LogP contribution is 2.58. The van der Waals surface area contributed by atoms with Crippen molar-refractivity contribution in [2.45, 2.75) is 5.41 Å². The van der Waals surface area contributed by atoms with E-state index in [1.54, 1.807) is 0 Å². The quantitative estimate of drug-likeness (QED) is 0.179. The van der Waals surface area contributed by atoms with Gasteiger partial charge < -0.3 is 0 Å². The van der Waals surface area contributed by atoms with Gasteiger partial charge in [-0.15, -0.1) is 0 Å². The maximum absolute atomic E-state index is 2.50. The van der Waals surface area contributed by atoms with Gasteiger partial charge in [-0.1, -0.05) is 170 Å². The second-order valence-electron chi connectivity index (χ2n) is 12.8. The predicted octanol–water partition coefficient (Wildman–Crippen LogP) is 12.3. The van der Waals surface area contributed by atoms with Gasteiger partial charge >= 0.3 is 0 Å². The third kappa shape index (κ3) is 3.64. The molecule has 0 N–H and O–H groups in total. The molecule has 1 aliphatic carbocycles. The minimum atomic E-state index is -0.483. The lowest BCUT2D eigenvalue weighted by Crippen LogP contribution is -2.28. The van der Waals surface area contributed by atoms with E-state index in [-0.39, 0.29) is 0 Å². The molecule has 0 amide bonds. The summed E-state index contributed by atoms with van der Waals surface area (Å²) in [4.78, 5) is 0. The highest BCUT2D eigenvalue weighted by atomic mass is 14.5. The molecule has 0 heteroatoms. The molecule has 0 heterocycles. The van der Waals surface area contributed by atoms with E-state index in [1.807, 2.05) is 0 Å². The van der Waals surface area contributed by atoms with Crippen LogP contribution < -0.4 is 0 Å². The van der Waals surface area contributed by atoms with Crippen molar-refractivity contribution in [1.82, 2.24) is 0 Å². The summed E-state index contributed by atoms with van der Waals surface area (Å²) in [6, 6.07) is 67.7. The van der Waals surface area contributed by atoms with Gasteiger partial charge in [-0.05, 0) is 99.7 Å². The van der Waals surface area contributed by atoms with Crippen LogP contribution in [0.2, 0.25) is 0 Å². The average Bonchev–Trinajstić information content (AvgIpc) is 3.46. The van der Waals surface area contributed by atoms with Crippen molar-refractivity contribution in [1.29, 1.82) is 0 Å². The number of benzene rings is 9. The molecular weight excluding hydrogens is 565 g/mol. The zero-order chi connectivity index (χ0) is 31.0. The Balaban J connectivity index is 1.35. The molecule has 0 unspecified atom stereocenters. The fraction of sp³-hybridized carbons (Fsp3) is 0.0213. The molecule has 0 spiro atoms. The molecule has 0 aromatic heterocycles. The van der Waals surface area contributed by atoms with Crippen LogP contribution in [-0.2, 0) is 5.41 Å². The summed E-state index contributed by atoms with van der Waals surface area (Å²) < 4.78 is 0. The van der Waals surface area contributed by atoms with E-state index in [0.717, 1.165) is 0 Å². The second kappa shape index (κ2) is 10.0. The molecule has 1 aliphatic rings. The fourth-order valence-electron chi connectivity index (χ4n) is 8.53. The fourth-order valence-corrected chi connectivity index (χ4v) is 8.53. The Labute approximate surface area is 274 Å². The minimum absolute atomic E-state index is 0.483. The van der Waals surface area contributed by atoms with E-state index < -0.39 is 5.41 Å². The number of rotatable bonds is 3. The Morgan fingerprint density at radius 1 is 0.298 bits per heavy atom. The normalized spacial score (nSPS) is 13.3. The van der Waals surface area contributed by atoms with Gasteiger partial charge in [0.05, 0.1) is 5.41 Å². The van der Waals surface area contributed by atoms with E-state index in [9.17, 15) is 0 Å². The smallest absolute Gasteiger partial charge is 0.0622 e. The maximum atomic E-state index is 2.50. The Hall–Kier alpha value is -5.98. The summed E-state index contributed by atoms with van der Waals surface area (Å²) in [5.74, 6) is 0. The van der Waals surface area contributed by atoms with E-state index >= 15 is 0 Å². The molecule has 0 atom stereocenters. The highest BCUT2D eigenvalue weighted by molar-refractivity contribution is 6.21. The molecule has 0 saturated carbocycles. The lowest BCUT2D eigenvalue weighted by Gasteiger charge is -2.35. The molecule has 218 valence electrons. The SMILES string of the molecule is c1ccc(C2(c3ccccc3)c3cc(-c4cc5c6ccccc6ccc5c5ccccc45)ccc3-c3ccc4ccccc4c32)cc1.